The highest BCUT2D eigenvalue weighted by Crippen LogP contribution is 2.25. The van der Waals surface area contributed by atoms with Crippen LogP contribution in [-0.2, 0) is 14.3 Å². The summed E-state index contributed by atoms with van der Waals surface area (Å²) in [6, 6.07) is 0. The van der Waals surface area contributed by atoms with E-state index in [1.807, 2.05) is 0 Å². The number of methoxy groups -OCH3 is 1. The summed E-state index contributed by atoms with van der Waals surface area (Å²) in [5.74, 6) is 0.586. The second-order valence-electron chi connectivity index (χ2n) is 4.67. The lowest BCUT2D eigenvalue weighted by atomic mass is 9.89. The maximum atomic E-state index is 11.6. The Bertz CT molecular complexity index is 208. The zero-order chi connectivity index (χ0) is 12.0. The lowest BCUT2D eigenvalue weighted by Gasteiger charge is -2.26. The highest BCUT2D eigenvalue weighted by molar-refractivity contribution is 5.70. The van der Waals surface area contributed by atoms with Crippen molar-refractivity contribution in [1.82, 2.24) is 0 Å². The van der Waals surface area contributed by atoms with Crippen molar-refractivity contribution in [3.63, 3.8) is 0 Å². The fourth-order valence-electron chi connectivity index (χ4n) is 2.03. The Labute approximate surface area is 97.5 Å². The van der Waals surface area contributed by atoms with Gasteiger partial charge in [-0.3, -0.25) is 4.79 Å². The van der Waals surface area contributed by atoms with Crippen LogP contribution in [0, 0.1) is 5.92 Å². The van der Waals surface area contributed by atoms with Crippen molar-refractivity contribution in [1.29, 1.82) is 0 Å². The van der Waals surface area contributed by atoms with Gasteiger partial charge in [-0.2, -0.15) is 0 Å². The van der Waals surface area contributed by atoms with Crippen LogP contribution >= 0.6 is 0 Å². The topological polar surface area (TPSA) is 61.5 Å². The number of ether oxygens (including phenoxy) is 2. The standard InChI is InChI=1S/C12H23NO3/c1-9-3-5-10(6-4-9)16-12(14)7-11(8-13)15-2/h9-11H,3-8,13H2,1-2H3. The van der Waals surface area contributed by atoms with Gasteiger partial charge in [0.05, 0.1) is 12.5 Å². The van der Waals surface area contributed by atoms with Gasteiger partial charge in [-0.1, -0.05) is 6.92 Å². The molecule has 1 saturated carbocycles. The molecule has 1 aliphatic rings. The van der Waals surface area contributed by atoms with Gasteiger partial charge in [0, 0.05) is 13.7 Å². The number of hydrogen-bond acceptors (Lipinski definition) is 4. The molecule has 94 valence electrons. The second-order valence-corrected chi connectivity index (χ2v) is 4.67. The summed E-state index contributed by atoms with van der Waals surface area (Å²) < 4.78 is 10.4. The Morgan fingerprint density at radius 1 is 1.38 bits per heavy atom. The normalized spacial score (nSPS) is 27.4. The Balaban J connectivity index is 2.23. The lowest BCUT2D eigenvalue weighted by molar-refractivity contribution is -0.153. The van der Waals surface area contributed by atoms with E-state index in [0.717, 1.165) is 31.6 Å². The zero-order valence-electron chi connectivity index (χ0n) is 10.3. The van der Waals surface area contributed by atoms with E-state index >= 15 is 0 Å². The van der Waals surface area contributed by atoms with Crippen molar-refractivity contribution in [3.8, 4) is 0 Å². The van der Waals surface area contributed by atoms with Crippen LogP contribution in [0.1, 0.15) is 39.0 Å². The molecule has 1 atom stereocenters. The highest BCUT2D eigenvalue weighted by Gasteiger charge is 2.22. The van der Waals surface area contributed by atoms with Gasteiger partial charge in [0.2, 0.25) is 0 Å². The van der Waals surface area contributed by atoms with Crippen LogP contribution in [0.2, 0.25) is 0 Å². The Morgan fingerprint density at radius 2 is 2.00 bits per heavy atom. The van der Waals surface area contributed by atoms with Gasteiger partial charge in [0.25, 0.3) is 0 Å². The maximum Gasteiger partial charge on any atom is 0.308 e. The summed E-state index contributed by atoms with van der Waals surface area (Å²) in [6.45, 7) is 2.60. The number of carbonyl (C=O) groups is 1. The average Bonchev–Trinajstić information content (AvgIpc) is 2.29. The zero-order valence-corrected chi connectivity index (χ0v) is 10.3. The monoisotopic (exact) mass is 229 g/mol. The third-order valence-corrected chi connectivity index (χ3v) is 3.25. The highest BCUT2D eigenvalue weighted by atomic mass is 16.5. The van der Waals surface area contributed by atoms with Crippen LogP contribution in [0.4, 0.5) is 0 Å². The van der Waals surface area contributed by atoms with Crippen LogP contribution in [0.25, 0.3) is 0 Å². The molecule has 16 heavy (non-hydrogen) atoms. The Morgan fingerprint density at radius 3 is 2.50 bits per heavy atom. The first-order chi connectivity index (χ1) is 7.65. The van der Waals surface area contributed by atoms with E-state index < -0.39 is 0 Å². The van der Waals surface area contributed by atoms with Crippen LogP contribution in [0.15, 0.2) is 0 Å². The summed E-state index contributed by atoms with van der Waals surface area (Å²) >= 11 is 0. The first kappa shape index (κ1) is 13.5. The van der Waals surface area contributed by atoms with Gasteiger partial charge in [-0.15, -0.1) is 0 Å². The van der Waals surface area contributed by atoms with Gasteiger partial charge in [0.1, 0.15) is 6.10 Å². The summed E-state index contributed by atoms with van der Waals surface area (Å²) in [6.07, 6.45) is 4.46. The molecule has 1 unspecified atom stereocenters. The number of hydrogen-bond donors (Lipinski definition) is 1. The average molecular weight is 229 g/mol. The number of nitrogens with two attached hydrogens (primary N) is 1. The number of carbonyl (C=O) groups excluding carboxylic acids is 1. The van der Waals surface area contributed by atoms with E-state index in [0.29, 0.717) is 6.54 Å². The summed E-state index contributed by atoms with van der Waals surface area (Å²) in [4.78, 5) is 11.6. The molecule has 2 N–H and O–H groups in total. The van der Waals surface area contributed by atoms with Crippen molar-refractivity contribution < 1.29 is 14.3 Å². The SMILES string of the molecule is COC(CN)CC(=O)OC1CCC(C)CC1. The molecule has 0 radical (unpaired) electrons. The maximum absolute atomic E-state index is 11.6. The molecule has 4 nitrogen and oxygen atoms in total. The molecule has 0 aromatic carbocycles. The first-order valence-corrected chi connectivity index (χ1v) is 6.08. The summed E-state index contributed by atoms with van der Waals surface area (Å²) in [5.41, 5.74) is 5.45. The molecule has 0 bridgehead atoms. The van der Waals surface area contributed by atoms with Gasteiger partial charge in [-0.05, 0) is 31.6 Å². The minimum Gasteiger partial charge on any atom is -0.462 e. The van der Waals surface area contributed by atoms with Gasteiger partial charge in [0.15, 0.2) is 0 Å². The van der Waals surface area contributed by atoms with Crippen molar-refractivity contribution in [2.75, 3.05) is 13.7 Å². The van der Waals surface area contributed by atoms with E-state index in [1.165, 1.54) is 0 Å². The summed E-state index contributed by atoms with van der Waals surface area (Å²) in [7, 11) is 1.56. The molecule has 0 aromatic heterocycles. The van der Waals surface area contributed by atoms with Crippen molar-refractivity contribution in [2.45, 2.75) is 51.2 Å². The Kier molecular flexibility index (Phi) is 5.77. The van der Waals surface area contributed by atoms with Crippen LogP contribution < -0.4 is 5.73 Å². The lowest BCUT2D eigenvalue weighted by Crippen LogP contribution is -2.29. The molecule has 0 saturated heterocycles. The number of esters is 1. The van der Waals surface area contributed by atoms with E-state index in [4.69, 9.17) is 15.2 Å². The molecule has 1 rings (SSSR count). The minimum atomic E-state index is -0.213. The van der Waals surface area contributed by atoms with Gasteiger partial charge < -0.3 is 15.2 Å². The molecule has 0 heterocycles. The first-order valence-electron chi connectivity index (χ1n) is 6.08. The Hall–Kier alpha value is -0.610. The molecular formula is C12H23NO3. The quantitative estimate of drug-likeness (QED) is 0.725. The third kappa shape index (κ3) is 4.49. The summed E-state index contributed by atoms with van der Waals surface area (Å²) in [5, 5.41) is 0. The fraction of sp³-hybridized carbons (Fsp3) is 0.917. The predicted molar refractivity (Wildman–Crippen MR) is 62.0 cm³/mol. The molecule has 0 amide bonds. The van der Waals surface area contributed by atoms with Crippen molar-refractivity contribution in [3.05, 3.63) is 0 Å². The molecular weight excluding hydrogens is 206 g/mol. The molecule has 1 aliphatic carbocycles. The van der Waals surface area contributed by atoms with Crippen molar-refractivity contribution >= 4 is 5.97 Å². The molecule has 4 heteroatoms. The fourth-order valence-corrected chi connectivity index (χ4v) is 2.03. The van der Waals surface area contributed by atoms with E-state index in [-0.39, 0.29) is 24.6 Å². The second kappa shape index (κ2) is 6.86. The molecule has 1 fully saturated rings. The smallest absolute Gasteiger partial charge is 0.308 e. The molecule has 0 aliphatic heterocycles. The van der Waals surface area contributed by atoms with Crippen molar-refractivity contribution in [2.24, 2.45) is 11.7 Å². The van der Waals surface area contributed by atoms with E-state index in [9.17, 15) is 4.79 Å². The van der Waals surface area contributed by atoms with Crippen LogP contribution in [0.5, 0.6) is 0 Å². The van der Waals surface area contributed by atoms with E-state index in [2.05, 4.69) is 6.92 Å². The van der Waals surface area contributed by atoms with Crippen LogP contribution in [-0.4, -0.2) is 31.8 Å². The number of rotatable bonds is 5. The largest absolute Gasteiger partial charge is 0.462 e. The van der Waals surface area contributed by atoms with Gasteiger partial charge >= 0.3 is 5.97 Å². The molecule has 0 spiro atoms. The third-order valence-electron chi connectivity index (χ3n) is 3.25. The van der Waals surface area contributed by atoms with E-state index in [1.54, 1.807) is 7.11 Å². The van der Waals surface area contributed by atoms with Crippen LogP contribution in [0.3, 0.4) is 0 Å². The van der Waals surface area contributed by atoms with Gasteiger partial charge in [-0.25, -0.2) is 0 Å². The minimum absolute atomic E-state index is 0.110. The predicted octanol–water partition coefficient (Wildman–Crippen LogP) is 1.47. The molecule has 0 aromatic rings.